The molecule has 82 valence electrons. The lowest BCUT2D eigenvalue weighted by atomic mass is 10.1. The van der Waals surface area contributed by atoms with Crippen LogP contribution in [0.15, 0.2) is 36.7 Å². The van der Waals surface area contributed by atoms with Gasteiger partial charge in [0.25, 0.3) is 0 Å². The normalized spacial score (nSPS) is 10.1. The highest BCUT2D eigenvalue weighted by Crippen LogP contribution is 2.22. The second-order valence-electron chi connectivity index (χ2n) is 3.29. The number of aromatic nitrogens is 2. The molecule has 2 aromatic rings. The van der Waals surface area contributed by atoms with Crippen LogP contribution in [-0.2, 0) is 0 Å². The van der Waals surface area contributed by atoms with Gasteiger partial charge in [-0.2, -0.15) is 0 Å². The maximum atomic E-state index is 5.59. The first-order chi connectivity index (χ1) is 7.79. The summed E-state index contributed by atoms with van der Waals surface area (Å²) in [4.78, 5) is 8.21. The van der Waals surface area contributed by atoms with E-state index in [2.05, 4.69) is 9.97 Å². The van der Waals surface area contributed by atoms with Gasteiger partial charge in [0.1, 0.15) is 11.6 Å². The summed E-state index contributed by atoms with van der Waals surface area (Å²) in [7, 11) is 0. The van der Waals surface area contributed by atoms with Crippen LogP contribution in [0.1, 0.15) is 6.92 Å². The van der Waals surface area contributed by atoms with Crippen molar-refractivity contribution >= 4 is 5.82 Å². The van der Waals surface area contributed by atoms with E-state index in [-0.39, 0.29) is 0 Å². The van der Waals surface area contributed by atoms with Gasteiger partial charge >= 0.3 is 0 Å². The Kier molecular flexibility index (Phi) is 3.00. The first-order valence-corrected chi connectivity index (χ1v) is 5.10. The van der Waals surface area contributed by atoms with Crippen LogP contribution in [-0.4, -0.2) is 16.6 Å². The van der Waals surface area contributed by atoms with Crippen LogP contribution in [0.3, 0.4) is 0 Å². The van der Waals surface area contributed by atoms with Crippen molar-refractivity contribution in [3.8, 4) is 17.0 Å². The summed E-state index contributed by atoms with van der Waals surface area (Å²) in [5.74, 6) is 1.24. The third kappa shape index (κ3) is 2.28. The van der Waals surface area contributed by atoms with Gasteiger partial charge in [-0.15, -0.1) is 0 Å². The van der Waals surface area contributed by atoms with Crippen LogP contribution in [0, 0.1) is 0 Å². The summed E-state index contributed by atoms with van der Waals surface area (Å²) >= 11 is 0. The van der Waals surface area contributed by atoms with Gasteiger partial charge in [-0.25, -0.2) is 4.98 Å². The number of hydrogen-bond donors (Lipinski definition) is 1. The second-order valence-corrected chi connectivity index (χ2v) is 3.29. The largest absolute Gasteiger partial charge is 0.494 e. The lowest BCUT2D eigenvalue weighted by Gasteiger charge is -2.05. The Labute approximate surface area is 94.1 Å². The molecule has 0 fully saturated rings. The van der Waals surface area contributed by atoms with Crippen molar-refractivity contribution in [3.05, 3.63) is 36.7 Å². The van der Waals surface area contributed by atoms with Crippen molar-refractivity contribution in [1.82, 2.24) is 9.97 Å². The molecular formula is C12H13N3O. The van der Waals surface area contributed by atoms with Gasteiger partial charge in [-0.1, -0.05) is 12.1 Å². The molecule has 0 aliphatic carbocycles. The molecule has 0 saturated heterocycles. The molecule has 0 unspecified atom stereocenters. The number of nitrogens with zero attached hydrogens (tertiary/aromatic N) is 2. The van der Waals surface area contributed by atoms with E-state index < -0.39 is 0 Å². The van der Waals surface area contributed by atoms with Gasteiger partial charge in [0, 0.05) is 5.56 Å². The van der Waals surface area contributed by atoms with E-state index in [1.165, 1.54) is 6.20 Å². The fourth-order valence-corrected chi connectivity index (χ4v) is 1.43. The zero-order chi connectivity index (χ0) is 11.4. The summed E-state index contributed by atoms with van der Waals surface area (Å²) in [6, 6.07) is 7.71. The molecule has 0 radical (unpaired) electrons. The van der Waals surface area contributed by atoms with Crippen molar-refractivity contribution in [2.75, 3.05) is 12.3 Å². The Morgan fingerprint density at radius 3 is 2.94 bits per heavy atom. The Hall–Kier alpha value is -2.10. The molecule has 0 spiro atoms. The predicted molar refractivity (Wildman–Crippen MR) is 63.0 cm³/mol. The first-order valence-electron chi connectivity index (χ1n) is 5.10. The molecule has 0 aliphatic rings. The molecule has 2 N–H and O–H groups in total. The van der Waals surface area contributed by atoms with Crippen molar-refractivity contribution in [2.24, 2.45) is 0 Å². The van der Waals surface area contributed by atoms with E-state index in [1.54, 1.807) is 6.20 Å². The fourth-order valence-electron chi connectivity index (χ4n) is 1.43. The third-order valence-corrected chi connectivity index (χ3v) is 2.09. The maximum absolute atomic E-state index is 5.59. The van der Waals surface area contributed by atoms with Gasteiger partial charge in [0.15, 0.2) is 0 Å². The lowest BCUT2D eigenvalue weighted by Crippen LogP contribution is -1.95. The van der Waals surface area contributed by atoms with E-state index in [4.69, 9.17) is 10.5 Å². The van der Waals surface area contributed by atoms with Crippen LogP contribution >= 0.6 is 0 Å². The summed E-state index contributed by atoms with van der Waals surface area (Å²) < 4.78 is 5.42. The lowest BCUT2D eigenvalue weighted by molar-refractivity contribution is 0.340. The van der Waals surface area contributed by atoms with Crippen molar-refractivity contribution in [1.29, 1.82) is 0 Å². The smallest absolute Gasteiger partial charge is 0.142 e. The number of ether oxygens (including phenoxy) is 1. The van der Waals surface area contributed by atoms with E-state index >= 15 is 0 Å². The molecule has 4 nitrogen and oxygen atoms in total. The van der Waals surface area contributed by atoms with Gasteiger partial charge < -0.3 is 10.5 Å². The zero-order valence-electron chi connectivity index (χ0n) is 9.05. The highest BCUT2D eigenvalue weighted by Gasteiger charge is 2.01. The van der Waals surface area contributed by atoms with Crippen LogP contribution in [0.25, 0.3) is 11.3 Å². The molecule has 4 heteroatoms. The predicted octanol–water partition coefficient (Wildman–Crippen LogP) is 2.12. The second kappa shape index (κ2) is 4.61. The first kappa shape index (κ1) is 10.4. The molecule has 2 rings (SSSR count). The number of hydrogen-bond acceptors (Lipinski definition) is 4. The van der Waals surface area contributed by atoms with Crippen molar-refractivity contribution in [3.63, 3.8) is 0 Å². The van der Waals surface area contributed by atoms with Crippen LogP contribution in [0.4, 0.5) is 5.82 Å². The number of nitrogen functional groups attached to an aromatic ring is 1. The SMILES string of the molecule is CCOc1cccc(-c2cncc(N)n2)c1. The van der Waals surface area contributed by atoms with Gasteiger partial charge in [-0.3, -0.25) is 4.98 Å². The van der Waals surface area contributed by atoms with Crippen molar-refractivity contribution in [2.45, 2.75) is 6.92 Å². The molecule has 1 aromatic carbocycles. The number of benzene rings is 1. The topological polar surface area (TPSA) is 61.0 Å². The Bertz CT molecular complexity index is 485. The average molecular weight is 215 g/mol. The van der Waals surface area contributed by atoms with E-state index in [0.717, 1.165) is 17.0 Å². The highest BCUT2D eigenvalue weighted by molar-refractivity contribution is 5.61. The minimum atomic E-state index is 0.416. The molecule has 1 heterocycles. The van der Waals surface area contributed by atoms with Crippen molar-refractivity contribution < 1.29 is 4.74 Å². The standard InChI is InChI=1S/C12H13N3O/c1-2-16-10-5-3-4-9(6-10)11-7-14-8-12(13)15-11/h3-8H,2H2,1H3,(H2,13,15). The molecule has 0 aliphatic heterocycles. The third-order valence-electron chi connectivity index (χ3n) is 2.09. The zero-order valence-corrected chi connectivity index (χ0v) is 9.05. The van der Waals surface area contributed by atoms with E-state index in [0.29, 0.717) is 12.4 Å². The molecular weight excluding hydrogens is 202 g/mol. The Morgan fingerprint density at radius 1 is 1.31 bits per heavy atom. The minimum absolute atomic E-state index is 0.416. The number of nitrogens with two attached hydrogens (primary N) is 1. The van der Waals surface area contributed by atoms with Crippen LogP contribution in [0.2, 0.25) is 0 Å². The minimum Gasteiger partial charge on any atom is -0.494 e. The molecule has 16 heavy (non-hydrogen) atoms. The molecule has 0 saturated carbocycles. The monoisotopic (exact) mass is 215 g/mol. The van der Waals surface area contributed by atoms with Gasteiger partial charge in [-0.05, 0) is 19.1 Å². The maximum Gasteiger partial charge on any atom is 0.142 e. The molecule has 0 bridgehead atoms. The Morgan fingerprint density at radius 2 is 2.19 bits per heavy atom. The molecule has 1 aromatic heterocycles. The summed E-state index contributed by atoms with van der Waals surface area (Å²) in [5.41, 5.74) is 7.29. The van der Waals surface area contributed by atoms with Crippen LogP contribution in [0.5, 0.6) is 5.75 Å². The molecule has 0 amide bonds. The van der Waals surface area contributed by atoms with E-state index in [1.807, 2.05) is 31.2 Å². The molecule has 0 atom stereocenters. The number of rotatable bonds is 3. The van der Waals surface area contributed by atoms with Gasteiger partial charge in [0.05, 0.1) is 24.7 Å². The average Bonchev–Trinajstić information content (AvgIpc) is 2.30. The highest BCUT2D eigenvalue weighted by atomic mass is 16.5. The fraction of sp³-hybridized carbons (Fsp3) is 0.167. The van der Waals surface area contributed by atoms with Gasteiger partial charge in [0.2, 0.25) is 0 Å². The summed E-state index contributed by atoms with van der Waals surface area (Å²) in [5, 5.41) is 0. The quantitative estimate of drug-likeness (QED) is 0.851. The summed E-state index contributed by atoms with van der Waals surface area (Å²) in [6.45, 7) is 2.60. The Balaban J connectivity index is 2.36. The van der Waals surface area contributed by atoms with Crippen LogP contribution < -0.4 is 10.5 Å². The summed E-state index contributed by atoms with van der Waals surface area (Å²) in [6.07, 6.45) is 3.21. The van der Waals surface area contributed by atoms with E-state index in [9.17, 15) is 0 Å². The number of anilines is 1.